The van der Waals surface area contributed by atoms with Gasteiger partial charge >= 0.3 is 0 Å². The van der Waals surface area contributed by atoms with Crippen molar-refractivity contribution < 1.29 is 5.21 Å². The smallest absolute Gasteiger partial charge is 0.188 e. The lowest BCUT2D eigenvalue weighted by atomic mass is 10.1. The number of pyridine rings is 1. The maximum absolute atomic E-state index is 8.67. The highest BCUT2D eigenvalue weighted by molar-refractivity contribution is 5.95. The van der Waals surface area contributed by atoms with Gasteiger partial charge in [-0.2, -0.15) is 0 Å². The van der Waals surface area contributed by atoms with E-state index in [1.165, 1.54) is 32.4 Å². The molecule has 0 amide bonds. The van der Waals surface area contributed by atoms with Gasteiger partial charge in [0.25, 0.3) is 0 Å². The summed E-state index contributed by atoms with van der Waals surface area (Å²) in [5.74, 6) is 0.0403. The van der Waals surface area contributed by atoms with E-state index in [2.05, 4.69) is 27.3 Å². The lowest BCUT2D eigenvalue weighted by Gasteiger charge is -2.32. The van der Waals surface area contributed by atoms with Crippen LogP contribution >= 0.6 is 0 Å². The molecule has 0 aliphatic carbocycles. The largest absolute Gasteiger partial charge is 0.409 e. The van der Waals surface area contributed by atoms with Crippen LogP contribution in [0.2, 0.25) is 0 Å². The quantitative estimate of drug-likeness (QED) is 0.317. The first-order valence-corrected chi connectivity index (χ1v) is 7.58. The molecule has 1 aromatic rings. The molecule has 1 aliphatic rings. The van der Waals surface area contributed by atoms with E-state index in [1.807, 2.05) is 12.1 Å². The molecular formula is C15H25N5O. The molecule has 4 N–H and O–H groups in total. The maximum atomic E-state index is 8.67. The third-order valence-electron chi connectivity index (χ3n) is 3.98. The molecule has 1 fully saturated rings. The first kappa shape index (κ1) is 15.7. The predicted molar refractivity (Wildman–Crippen MR) is 83.3 cm³/mol. The lowest BCUT2D eigenvalue weighted by Crippen LogP contribution is -2.42. The second-order valence-electron chi connectivity index (χ2n) is 5.61. The molecule has 0 bridgehead atoms. The van der Waals surface area contributed by atoms with Crippen LogP contribution in [-0.4, -0.2) is 46.6 Å². The first-order chi connectivity index (χ1) is 10.2. The highest BCUT2D eigenvalue weighted by atomic mass is 16.4. The summed E-state index contributed by atoms with van der Waals surface area (Å²) in [4.78, 5) is 6.62. The van der Waals surface area contributed by atoms with Crippen LogP contribution in [-0.2, 0) is 6.54 Å². The fourth-order valence-electron chi connectivity index (χ4n) is 2.69. The van der Waals surface area contributed by atoms with E-state index in [4.69, 9.17) is 10.9 Å². The summed E-state index contributed by atoms with van der Waals surface area (Å²) in [7, 11) is 0. The van der Waals surface area contributed by atoms with Crippen molar-refractivity contribution in [2.24, 2.45) is 10.9 Å². The molecule has 1 unspecified atom stereocenters. The highest BCUT2D eigenvalue weighted by Gasteiger charge is 2.15. The van der Waals surface area contributed by atoms with Gasteiger partial charge < -0.3 is 16.3 Å². The van der Waals surface area contributed by atoms with Crippen LogP contribution in [0.5, 0.6) is 0 Å². The van der Waals surface area contributed by atoms with Crippen LogP contribution in [0.4, 0.5) is 0 Å². The summed E-state index contributed by atoms with van der Waals surface area (Å²) in [6.07, 6.45) is 5.68. The van der Waals surface area contributed by atoms with Gasteiger partial charge in [-0.1, -0.05) is 11.6 Å². The number of likely N-dealkylation sites (tertiary alicyclic amines) is 1. The van der Waals surface area contributed by atoms with E-state index >= 15 is 0 Å². The van der Waals surface area contributed by atoms with Gasteiger partial charge in [0.15, 0.2) is 5.84 Å². The molecule has 0 saturated carbocycles. The zero-order chi connectivity index (χ0) is 15.1. The molecule has 2 rings (SSSR count). The Bertz CT molecular complexity index is 471. The molecule has 0 spiro atoms. The van der Waals surface area contributed by atoms with Gasteiger partial charge in [0.1, 0.15) is 5.69 Å². The van der Waals surface area contributed by atoms with E-state index in [0.717, 1.165) is 18.7 Å². The molecular weight excluding hydrogens is 266 g/mol. The molecule has 0 aromatic carbocycles. The molecule has 116 valence electrons. The van der Waals surface area contributed by atoms with Crippen LogP contribution < -0.4 is 11.1 Å². The molecule has 1 aliphatic heterocycles. The second-order valence-corrected chi connectivity index (χ2v) is 5.61. The van der Waals surface area contributed by atoms with Gasteiger partial charge in [-0.3, -0.25) is 9.88 Å². The highest BCUT2D eigenvalue weighted by Crippen LogP contribution is 2.11. The van der Waals surface area contributed by atoms with E-state index in [9.17, 15) is 0 Å². The van der Waals surface area contributed by atoms with Gasteiger partial charge in [0.05, 0.1) is 0 Å². The lowest BCUT2D eigenvalue weighted by molar-refractivity contribution is 0.170. The molecule has 1 saturated heterocycles. The normalized spacial score (nSPS) is 18.6. The summed E-state index contributed by atoms with van der Waals surface area (Å²) >= 11 is 0. The zero-order valence-corrected chi connectivity index (χ0v) is 12.6. The van der Waals surface area contributed by atoms with Crippen molar-refractivity contribution in [1.82, 2.24) is 15.2 Å². The van der Waals surface area contributed by atoms with Crippen molar-refractivity contribution in [2.75, 3.05) is 19.6 Å². The molecule has 1 aromatic heterocycles. The van der Waals surface area contributed by atoms with E-state index in [-0.39, 0.29) is 5.84 Å². The summed E-state index contributed by atoms with van der Waals surface area (Å²) in [6.45, 7) is 6.41. The summed E-state index contributed by atoms with van der Waals surface area (Å²) in [5.41, 5.74) is 7.13. The van der Waals surface area contributed by atoms with Crippen molar-refractivity contribution >= 4 is 5.84 Å². The number of nitrogens with two attached hydrogens (primary N) is 1. The number of aromatic nitrogens is 1. The van der Waals surface area contributed by atoms with Crippen LogP contribution in [0.3, 0.4) is 0 Å². The van der Waals surface area contributed by atoms with Crippen molar-refractivity contribution in [2.45, 2.75) is 38.8 Å². The summed E-state index contributed by atoms with van der Waals surface area (Å²) in [6, 6.07) is 4.33. The summed E-state index contributed by atoms with van der Waals surface area (Å²) < 4.78 is 0. The van der Waals surface area contributed by atoms with E-state index in [1.54, 1.807) is 6.20 Å². The predicted octanol–water partition coefficient (Wildman–Crippen LogP) is 1.14. The number of rotatable bonds is 6. The van der Waals surface area contributed by atoms with Crippen LogP contribution in [0.25, 0.3) is 0 Å². The minimum atomic E-state index is 0.0403. The van der Waals surface area contributed by atoms with Crippen LogP contribution in [0, 0.1) is 0 Å². The van der Waals surface area contributed by atoms with Gasteiger partial charge in [-0.25, -0.2) is 0 Å². The Balaban J connectivity index is 1.80. The van der Waals surface area contributed by atoms with Gasteiger partial charge in [0.2, 0.25) is 0 Å². The zero-order valence-electron chi connectivity index (χ0n) is 12.6. The first-order valence-electron chi connectivity index (χ1n) is 7.58. The Labute approximate surface area is 126 Å². The van der Waals surface area contributed by atoms with Gasteiger partial charge in [-0.15, -0.1) is 0 Å². The van der Waals surface area contributed by atoms with Gasteiger partial charge in [0, 0.05) is 25.3 Å². The Morgan fingerprint density at radius 1 is 1.48 bits per heavy atom. The molecule has 0 radical (unpaired) electrons. The molecule has 6 heteroatoms. The number of hydrogen-bond donors (Lipinski definition) is 3. The number of nitrogens with zero attached hydrogens (tertiary/aromatic N) is 3. The standard InChI is InChI=1S/C15H25N5O/c1-12(20-7-3-2-4-8-20)10-17-11-13-5-6-18-14(9-13)15(16)19-21/h5-6,9,12,17,21H,2-4,7-8,10-11H2,1H3,(H2,16,19). The third kappa shape index (κ3) is 4.68. The monoisotopic (exact) mass is 291 g/mol. The summed E-state index contributed by atoms with van der Waals surface area (Å²) in [5, 5.41) is 15.1. The van der Waals surface area contributed by atoms with E-state index < -0.39 is 0 Å². The number of hydrogen-bond acceptors (Lipinski definition) is 5. The average Bonchev–Trinajstić information content (AvgIpc) is 2.55. The second kappa shape index (κ2) is 7.95. The topological polar surface area (TPSA) is 86.8 Å². The van der Waals surface area contributed by atoms with Crippen molar-refractivity contribution in [3.8, 4) is 0 Å². The van der Waals surface area contributed by atoms with Crippen molar-refractivity contribution in [1.29, 1.82) is 0 Å². The van der Waals surface area contributed by atoms with E-state index in [0.29, 0.717) is 11.7 Å². The molecule has 21 heavy (non-hydrogen) atoms. The number of nitrogens with one attached hydrogen (secondary N) is 1. The fraction of sp³-hybridized carbons (Fsp3) is 0.600. The van der Waals surface area contributed by atoms with Crippen LogP contribution in [0.15, 0.2) is 23.5 Å². The van der Waals surface area contributed by atoms with Crippen molar-refractivity contribution in [3.05, 3.63) is 29.6 Å². The number of oxime groups is 1. The number of amidine groups is 1. The molecule has 6 nitrogen and oxygen atoms in total. The Kier molecular flexibility index (Phi) is 5.95. The molecule has 1 atom stereocenters. The average molecular weight is 291 g/mol. The SMILES string of the molecule is CC(CNCc1ccnc(C(N)=NO)c1)N1CCCCC1. The molecule has 2 heterocycles. The minimum Gasteiger partial charge on any atom is -0.409 e. The Morgan fingerprint density at radius 3 is 2.95 bits per heavy atom. The third-order valence-corrected chi connectivity index (χ3v) is 3.98. The fourth-order valence-corrected chi connectivity index (χ4v) is 2.69. The Morgan fingerprint density at radius 2 is 2.24 bits per heavy atom. The number of piperidine rings is 1. The maximum Gasteiger partial charge on any atom is 0.188 e. The van der Waals surface area contributed by atoms with Crippen molar-refractivity contribution in [3.63, 3.8) is 0 Å². The van der Waals surface area contributed by atoms with Gasteiger partial charge in [-0.05, 0) is 50.6 Å². The minimum absolute atomic E-state index is 0.0403. The Hall–Kier alpha value is -1.66. The van der Waals surface area contributed by atoms with Crippen LogP contribution in [0.1, 0.15) is 37.4 Å².